The molecule has 0 bridgehead atoms. The highest BCUT2D eigenvalue weighted by Gasteiger charge is 2.12. The average Bonchev–Trinajstić information content (AvgIpc) is 2.83. The first-order valence-corrected chi connectivity index (χ1v) is 10.1. The first kappa shape index (κ1) is 24.1. The Morgan fingerprint density at radius 2 is 1.68 bits per heavy atom. The molecule has 2 amide bonds. The minimum absolute atomic E-state index is 0.138. The molecule has 0 saturated heterocycles. The van der Waals surface area contributed by atoms with Crippen LogP contribution in [-0.2, 0) is 4.79 Å². The first-order chi connectivity index (χ1) is 16.3. The molecule has 34 heavy (non-hydrogen) atoms. The number of rotatable bonds is 8. The van der Waals surface area contributed by atoms with Gasteiger partial charge in [-0.1, -0.05) is 23.7 Å². The predicted octanol–water partition coefficient (Wildman–Crippen LogP) is 3.35. The number of nitro benzene ring substituents is 1. The molecule has 3 aromatic carbocycles. The summed E-state index contributed by atoms with van der Waals surface area (Å²) in [6, 6.07) is 17.6. The fourth-order valence-electron chi connectivity index (χ4n) is 2.63. The molecule has 0 aromatic heterocycles. The monoisotopic (exact) mass is 480 g/mol. The third-order valence-electron chi connectivity index (χ3n) is 4.30. The van der Waals surface area contributed by atoms with Crippen LogP contribution in [0.4, 0.5) is 5.69 Å². The Labute approximate surface area is 198 Å². The zero-order valence-electron chi connectivity index (χ0n) is 17.4. The van der Waals surface area contributed by atoms with Gasteiger partial charge in [-0.3, -0.25) is 19.7 Å². The van der Waals surface area contributed by atoms with Crippen molar-refractivity contribution in [1.82, 2.24) is 10.7 Å². The van der Waals surface area contributed by atoms with Crippen molar-refractivity contribution >= 4 is 41.3 Å². The Morgan fingerprint density at radius 3 is 2.35 bits per heavy atom. The zero-order valence-corrected chi connectivity index (χ0v) is 18.2. The van der Waals surface area contributed by atoms with Crippen molar-refractivity contribution in [1.29, 1.82) is 0 Å². The Morgan fingerprint density at radius 1 is 1.00 bits per heavy atom. The number of nitrogens with zero attached hydrogens (tertiary/aromatic N) is 2. The number of hydrogen-bond donors (Lipinski definition) is 2. The number of carbonyl (C=O) groups is 3. The van der Waals surface area contributed by atoms with E-state index in [9.17, 15) is 24.5 Å². The van der Waals surface area contributed by atoms with Crippen molar-refractivity contribution < 1.29 is 24.0 Å². The van der Waals surface area contributed by atoms with Crippen molar-refractivity contribution in [3.63, 3.8) is 0 Å². The quantitative estimate of drug-likeness (QED) is 0.166. The number of hydrazone groups is 1. The van der Waals surface area contributed by atoms with Gasteiger partial charge < -0.3 is 10.1 Å². The van der Waals surface area contributed by atoms with E-state index in [1.54, 1.807) is 30.3 Å². The molecule has 2 N–H and O–H groups in total. The van der Waals surface area contributed by atoms with Gasteiger partial charge in [0.25, 0.3) is 17.5 Å². The second-order valence-corrected chi connectivity index (χ2v) is 7.19. The smallest absolute Gasteiger partial charge is 0.343 e. The van der Waals surface area contributed by atoms with Crippen LogP contribution in [0, 0.1) is 10.1 Å². The SMILES string of the molecule is O=C(CNC(=O)c1ccc(Cl)cc1)N/N=C/c1cccc(OC(=O)c2ccc([N+](=O)[O-])cc2)c1. The van der Waals surface area contributed by atoms with E-state index < -0.39 is 22.7 Å². The number of carbonyl (C=O) groups excluding carboxylic acids is 3. The number of nitro groups is 1. The van der Waals surface area contributed by atoms with Gasteiger partial charge in [-0.15, -0.1) is 0 Å². The molecule has 172 valence electrons. The molecule has 0 unspecified atom stereocenters. The average molecular weight is 481 g/mol. The van der Waals surface area contributed by atoms with Gasteiger partial charge in [-0.2, -0.15) is 5.10 Å². The van der Waals surface area contributed by atoms with Crippen molar-refractivity contribution in [2.45, 2.75) is 0 Å². The number of ether oxygens (including phenoxy) is 1. The van der Waals surface area contributed by atoms with Crippen LogP contribution in [0.1, 0.15) is 26.3 Å². The largest absolute Gasteiger partial charge is 0.423 e. The van der Waals surface area contributed by atoms with Gasteiger partial charge in [0.1, 0.15) is 5.75 Å². The van der Waals surface area contributed by atoms with Gasteiger partial charge >= 0.3 is 5.97 Å². The Kier molecular flexibility index (Phi) is 8.03. The van der Waals surface area contributed by atoms with Crippen molar-refractivity contribution in [2.75, 3.05) is 6.54 Å². The fourth-order valence-corrected chi connectivity index (χ4v) is 2.75. The van der Waals surface area contributed by atoms with Crippen LogP contribution in [0.25, 0.3) is 0 Å². The molecular formula is C23H17ClN4O6. The third kappa shape index (κ3) is 6.97. The van der Waals surface area contributed by atoms with E-state index >= 15 is 0 Å². The minimum Gasteiger partial charge on any atom is -0.423 e. The Bertz CT molecular complexity index is 1240. The molecule has 0 aliphatic heterocycles. The summed E-state index contributed by atoms with van der Waals surface area (Å²) in [5, 5.41) is 17.5. The van der Waals surface area contributed by atoms with Gasteiger partial charge in [-0.05, 0) is 54.1 Å². The van der Waals surface area contributed by atoms with E-state index in [2.05, 4.69) is 15.8 Å². The number of nitrogens with one attached hydrogen (secondary N) is 2. The third-order valence-corrected chi connectivity index (χ3v) is 4.55. The molecule has 10 nitrogen and oxygen atoms in total. The molecule has 0 radical (unpaired) electrons. The molecule has 0 fully saturated rings. The molecule has 0 aliphatic rings. The first-order valence-electron chi connectivity index (χ1n) is 9.74. The van der Waals surface area contributed by atoms with Gasteiger partial charge in [0, 0.05) is 22.7 Å². The van der Waals surface area contributed by atoms with Crippen molar-refractivity contribution in [3.8, 4) is 5.75 Å². The molecule has 11 heteroatoms. The van der Waals surface area contributed by atoms with Crippen LogP contribution in [0.15, 0.2) is 77.9 Å². The molecule has 3 rings (SSSR count). The van der Waals surface area contributed by atoms with E-state index in [1.807, 2.05) is 0 Å². The van der Waals surface area contributed by atoms with Crippen molar-refractivity contribution in [2.24, 2.45) is 5.10 Å². The van der Waals surface area contributed by atoms with E-state index in [0.717, 1.165) is 0 Å². The van der Waals surface area contributed by atoms with E-state index in [-0.39, 0.29) is 23.5 Å². The Balaban J connectivity index is 1.50. The fraction of sp³-hybridized carbons (Fsp3) is 0.0435. The molecule has 0 heterocycles. The summed E-state index contributed by atoms with van der Waals surface area (Å²) < 4.78 is 5.27. The summed E-state index contributed by atoms with van der Waals surface area (Å²) in [6.07, 6.45) is 1.34. The molecule has 0 atom stereocenters. The number of hydrogen-bond acceptors (Lipinski definition) is 7. The second-order valence-electron chi connectivity index (χ2n) is 6.75. The van der Waals surface area contributed by atoms with E-state index in [0.29, 0.717) is 16.1 Å². The number of benzene rings is 3. The summed E-state index contributed by atoms with van der Waals surface area (Å²) in [4.78, 5) is 46.2. The summed E-state index contributed by atoms with van der Waals surface area (Å²) in [6.45, 7) is -0.286. The summed E-state index contributed by atoms with van der Waals surface area (Å²) in [5.74, 6) is -1.44. The number of esters is 1. The number of halogens is 1. The van der Waals surface area contributed by atoms with Crippen molar-refractivity contribution in [3.05, 3.63) is 105 Å². The molecule has 3 aromatic rings. The Hall–Kier alpha value is -4.57. The van der Waals surface area contributed by atoms with Gasteiger partial charge in [0.2, 0.25) is 0 Å². The summed E-state index contributed by atoms with van der Waals surface area (Å²) in [5.41, 5.74) is 3.18. The van der Waals surface area contributed by atoms with Crippen LogP contribution in [0.3, 0.4) is 0 Å². The van der Waals surface area contributed by atoms with Gasteiger partial charge in [-0.25, -0.2) is 10.2 Å². The zero-order chi connectivity index (χ0) is 24.5. The highest BCUT2D eigenvalue weighted by atomic mass is 35.5. The van der Waals surface area contributed by atoms with Gasteiger partial charge in [0.15, 0.2) is 0 Å². The summed E-state index contributed by atoms with van der Waals surface area (Å²) in [7, 11) is 0. The van der Waals surface area contributed by atoms with E-state index in [1.165, 1.54) is 48.7 Å². The molecule has 0 aliphatic carbocycles. The lowest BCUT2D eigenvalue weighted by Crippen LogP contribution is -2.34. The van der Waals surface area contributed by atoms with Gasteiger partial charge in [0.05, 0.1) is 23.2 Å². The lowest BCUT2D eigenvalue weighted by Gasteiger charge is -2.05. The highest BCUT2D eigenvalue weighted by molar-refractivity contribution is 6.30. The van der Waals surface area contributed by atoms with Crippen LogP contribution < -0.4 is 15.5 Å². The van der Waals surface area contributed by atoms with Crippen LogP contribution >= 0.6 is 11.6 Å². The van der Waals surface area contributed by atoms with E-state index in [4.69, 9.17) is 16.3 Å². The number of non-ortho nitro benzene ring substituents is 1. The maximum absolute atomic E-state index is 12.2. The maximum Gasteiger partial charge on any atom is 0.343 e. The number of amides is 2. The molecule has 0 saturated carbocycles. The lowest BCUT2D eigenvalue weighted by atomic mass is 10.2. The lowest BCUT2D eigenvalue weighted by molar-refractivity contribution is -0.384. The van der Waals surface area contributed by atoms with Crippen LogP contribution in [-0.4, -0.2) is 35.5 Å². The standard InChI is InChI=1S/C23H17ClN4O6/c24-18-8-4-16(5-9-18)22(30)25-14-21(29)27-26-13-15-2-1-3-20(12-15)34-23(31)17-6-10-19(11-7-17)28(32)33/h1-13H,14H2,(H,25,30)(H,27,29)/b26-13+. The normalized spacial score (nSPS) is 10.5. The summed E-state index contributed by atoms with van der Waals surface area (Å²) >= 11 is 5.77. The highest BCUT2D eigenvalue weighted by Crippen LogP contribution is 2.17. The minimum atomic E-state index is -0.686. The maximum atomic E-state index is 12.2. The van der Waals surface area contributed by atoms with Crippen LogP contribution in [0.5, 0.6) is 5.75 Å². The predicted molar refractivity (Wildman–Crippen MR) is 124 cm³/mol. The molecular weight excluding hydrogens is 464 g/mol. The topological polar surface area (TPSA) is 140 Å². The molecule has 0 spiro atoms. The van der Waals surface area contributed by atoms with Crippen LogP contribution in [0.2, 0.25) is 5.02 Å². The second kappa shape index (κ2) is 11.3.